The second kappa shape index (κ2) is 9.39. The molecule has 2 amide bonds. The molecular formula is C19H27N3O3S. The average Bonchev–Trinajstić information content (AvgIpc) is 3.21. The molecule has 2 aliphatic heterocycles. The molecule has 2 fully saturated rings. The van der Waals surface area contributed by atoms with Crippen molar-refractivity contribution in [2.24, 2.45) is 0 Å². The molecule has 0 saturated carbocycles. The molecule has 3 rings (SSSR count). The van der Waals surface area contributed by atoms with Gasteiger partial charge in [0.25, 0.3) is 5.91 Å². The predicted molar refractivity (Wildman–Crippen MR) is 103 cm³/mol. The van der Waals surface area contributed by atoms with E-state index in [4.69, 9.17) is 4.74 Å². The average molecular weight is 378 g/mol. The molecule has 1 unspecified atom stereocenters. The molecule has 0 aliphatic carbocycles. The third-order valence-electron chi connectivity index (χ3n) is 4.93. The summed E-state index contributed by atoms with van der Waals surface area (Å²) in [5, 5.41) is 3.00. The maximum Gasteiger partial charge on any atom is 0.251 e. The number of piperazine rings is 1. The molecule has 1 aromatic rings. The molecule has 6 nitrogen and oxygen atoms in total. The van der Waals surface area contributed by atoms with E-state index in [1.165, 1.54) is 0 Å². The number of amides is 2. The molecular weight excluding hydrogens is 350 g/mol. The third-order valence-corrected chi connectivity index (χ3v) is 5.72. The highest BCUT2D eigenvalue weighted by Gasteiger charge is 2.30. The normalized spacial score (nSPS) is 21.0. The van der Waals surface area contributed by atoms with Crippen molar-refractivity contribution in [3.8, 4) is 0 Å². The first-order chi connectivity index (χ1) is 12.7. The zero-order chi connectivity index (χ0) is 18.4. The molecule has 1 atom stereocenters. The smallest absolute Gasteiger partial charge is 0.251 e. The molecule has 7 heteroatoms. The fourth-order valence-electron chi connectivity index (χ4n) is 3.39. The van der Waals surface area contributed by atoms with Gasteiger partial charge in [-0.3, -0.25) is 14.5 Å². The van der Waals surface area contributed by atoms with Crippen LogP contribution in [-0.2, 0) is 14.3 Å². The van der Waals surface area contributed by atoms with Crippen LogP contribution in [0.3, 0.4) is 0 Å². The Hall–Kier alpha value is -1.57. The zero-order valence-corrected chi connectivity index (χ0v) is 16.1. The number of carbonyl (C=O) groups is 2. The van der Waals surface area contributed by atoms with Crippen molar-refractivity contribution < 1.29 is 14.3 Å². The van der Waals surface area contributed by atoms with Crippen LogP contribution in [0.2, 0.25) is 0 Å². The van der Waals surface area contributed by atoms with Gasteiger partial charge >= 0.3 is 0 Å². The number of hydrogen-bond acceptors (Lipinski definition) is 5. The van der Waals surface area contributed by atoms with Gasteiger partial charge < -0.3 is 15.0 Å². The van der Waals surface area contributed by atoms with Crippen molar-refractivity contribution in [3.63, 3.8) is 0 Å². The Morgan fingerprint density at radius 2 is 2.00 bits per heavy atom. The molecule has 26 heavy (non-hydrogen) atoms. The summed E-state index contributed by atoms with van der Waals surface area (Å²) in [6, 6.07) is 7.84. The second-order valence-corrected chi connectivity index (χ2v) is 7.52. The Morgan fingerprint density at radius 3 is 2.69 bits per heavy atom. The van der Waals surface area contributed by atoms with Gasteiger partial charge in [-0.1, -0.05) is 12.1 Å². The lowest BCUT2D eigenvalue weighted by atomic mass is 10.2. The number of nitrogens with one attached hydrogen (secondary N) is 1. The summed E-state index contributed by atoms with van der Waals surface area (Å²) in [5.41, 5.74) is 0.872. The minimum atomic E-state index is -0.233. The molecule has 0 bridgehead atoms. The highest BCUT2D eigenvalue weighted by Crippen LogP contribution is 2.24. The Labute approximate surface area is 159 Å². The number of benzene rings is 1. The number of rotatable bonds is 6. The highest BCUT2D eigenvalue weighted by molar-refractivity contribution is 7.98. The first-order valence-electron chi connectivity index (χ1n) is 9.23. The minimum absolute atomic E-state index is 0.0318. The molecule has 1 N–H and O–H groups in total. The molecule has 0 aromatic heterocycles. The van der Waals surface area contributed by atoms with Gasteiger partial charge in [0.1, 0.15) is 6.10 Å². The molecule has 2 saturated heterocycles. The van der Waals surface area contributed by atoms with Crippen molar-refractivity contribution in [3.05, 3.63) is 24.3 Å². The van der Waals surface area contributed by atoms with E-state index in [-0.39, 0.29) is 17.9 Å². The van der Waals surface area contributed by atoms with Gasteiger partial charge in [0.05, 0.1) is 5.69 Å². The molecule has 0 radical (unpaired) electrons. The van der Waals surface area contributed by atoms with Gasteiger partial charge in [-0.25, -0.2) is 0 Å². The standard InChI is InChI=1S/C19H27N3O3S/c1-26-17-7-3-2-5-15(17)20-18(23)8-9-21-10-12-22(13-11-21)19(24)16-6-4-14-25-16/h2-3,5,7,16H,4,6,8-14H2,1H3,(H,20,23). The summed E-state index contributed by atoms with van der Waals surface area (Å²) < 4.78 is 5.49. The van der Waals surface area contributed by atoms with E-state index >= 15 is 0 Å². The van der Waals surface area contributed by atoms with E-state index in [0.29, 0.717) is 13.0 Å². The van der Waals surface area contributed by atoms with Gasteiger partial charge in [-0.15, -0.1) is 11.8 Å². The van der Waals surface area contributed by atoms with Gasteiger partial charge in [-0.2, -0.15) is 0 Å². The number of carbonyl (C=O) groups excluding carboxylic acids is 2. The fraction of sp³-hybridized carbons (Fsp3) is 0.579. The fourth-order valence-corrected chi connectivity index (χ4v) is 3.94. The zero-order valence-electron chi connectivity index (χ0n) is 15.3. The summed E-state index contributed by atoms with van der Waals surface area (Å²) in [7, 11) is 0. The number of anilines is 1. The van der Waals surface area contributed by atoms with Crippen LogP contribution >= 0.6 is 11.8 Å². The van der Waals surface area contributed by atoms with Gasteiger partial charge in [0, 0.05) is 50.6 Å². The number of nitrogens with zero attached hydrogens (tertiary/aromatic N) is 2. The van der Waals surface area contributed by atoms with Crippen LogP contribution in [0.15, 0.2) is 29.2 Å². The first kappa shape index (κ1) is 19.2. The van der Waals surface area contributed by atoms with Crippen molar-refractivity contribution in [2.45, 2.75) is 30.3 Å². The van der Waals surface area contributed by atoms with E-state index in [1.807, 2.05) is 35.4 Å². The highest BCUT2D eigenvalue weighted by atomic mass is 32.2. The largest absolute Gasteiger partial charge is 0.368 e. The summed E-state index contributed by atoms with van der Waals surface area (Å²) in [6.45, 7) is 4.48. The Kier molecular flexibility index (Phi) is 6.93. The maximum atomic E-state index is 12.4. The summed E-state index contributed by atoms with van der Waals surface area (Å²) in [4.78, 5) is 29.8. The van der Waals surface area contributed by atoms with Crippen LogP contribution in [-0.4, -0.2) is 73.3 Å². The summed E-state index contributed by atoms with van der Waals surface area (Å²) >= 11 is 1.62. The quantitative estimate of drug-likeness (QED) is 0.769. The SMILES string of the molecule is CSc1ccccc1NC(=O)CCN1CCN(C(=O)C2CCCO2)CC1. The van der Waals surface area contributed by atoms with E-state index < -0.39 is 0 Å². The molecule has 142 valence electrons. The van der Waals surface area contributed by atoms with E-state index in [2.05, 4.69) is 10.2 Å². The maximum absolute atomic E-state index is 12.4. The van der Waals surface area contributed by atoms with E-state index in [0.717, 1.165) is 56.1 Å². The van der Waals surface area contributed by atoms with Gasteiger partial charge in [-0.05, 0) is 31.2 Å². The van der Waals surface area contributed by atoms with Crippen molar-refractivity contribution in [1.29, 1.82) is 0 Å². The Bertz CT molecular complexity index is 626. The number of ether oxygens (including phenoxy) is 1. The van der Waals surface area contributed by atoms with Crippen molar-refractivity contribution in [1.82, 2.24) is 9.80 Å². The van der Waals surface area contributed by atoms with Gasteiger partial charge in [0.15, 0.2) is 0 Å². The monoisotopic (exact) mass is 377 g/mol. The lowest BCUT2D eigenvalue weighted by Crippen LogP contribution is -2.51. The lowest BCUT2D eigenvalue weighted by Gasteiger charge is -2.35. The van der Waals surface area contributed by atoms with E-state index in [1.54, 1.807) is 11.8 Å². The van der Waals surface area contributed by atoms with Crippen LogP contribution in [0.25, 0.3) is 0 Å². The number of para-hydroxylation sites is 1. The first-order valence-corrected chi connectivity index (χ1v) is 10.5. The Morgan fingerprint density at radius 1 is 1.23 bits per heavy atom. The van der Waals surface area contributed by atoms with Crippen LogP contribution in [0.4, 0.5) is 5.69 Å². The number of thioether (sulfide) groups is 1. The van der Waals surface area contributed by atoms with Crippen LogP contribution < -0.4 is 5.32 Å². The second-order valence-electron chi connectivity index (χ2n) is 6.67. The van der Waals surface area contributed by atoms with Crippen molar-refractivity contribution >= 4 is 29.3 Å². The van der Waals surface area contributed by atoms with Crippen molar-refractivity contribution in [2.75, 3.05) is 50.9 Å². The minimum Gasteiger partial charge on any atom is -0.368 e. The molecule has 2 aliphatic rings. The van der Waals surface area contributed by atoms with Gasteiger partial charge in [0.2, 0.25) is 5.91 Å². The topological polar surface area (TPSA) is 61.9 Å². The predicted octanol–water partition coefficient (Wildman–Crippen LogP) is 2.06. The van der Waals surface area contributed by atoms with Crippen LogP contribution in [0.5, 0.6) is 0 Å². The van der Waals surface area contributed by atoms with E-state index in [9.17, 15) is 9.59 Å². The molecule has 2 heterocycles. The lowest BCUT2D eigenvalue weighted by molar-refractivity contribution is -0.142. The van der Waals surface area contributed by atoms with Crippen LogP contribution in [0.1, 0.15) is 19.3 Å². The van der Waals surface area contributed by atoms with Crippen LogP contribution in [0, 0.1) is 0 Å². The molecule has 0 spiro atoms. The Balaban J connectivity index is 1.39. The summed E-state index contributed by atoms with van der Waals surface area (Å²) in [6.07, 6.45) is 4.05. The third kappa shape index (κ3) is 4.99. The molecule has 1 aromatic carbocycles. The summed E-state index contributed by atoms with van der Waals surface area (Å²) in [5.74, 6) is 0.165. The number of hydrogen-bond donors (Lipinski definition) is 1.